The van der Waals surface area contributed by atoms with Crippen LogP contribution in [-0.2, 0) is 5.41 Å². The molecule has 2 aromatic heterocycles. The molecule has 1 aliphatic rings. The molecule has 1 aliphatic carbocycles. The predicted molar refractivity (Wildman–Crippen MR) is 212 cm³/mol. The summed E-state index contributed by atoms with van der Waals surface area (Å²) in [7, 11) is 0. The zero-order chi connectivity index (χ0) is 34.1. The first-order valence-corrected chi connectivity index (χ1v) is 17.5. The second-order valence-corrected chi connectivity index (χ2v) is 14.1. The van der Waals surface area contributed by atoms with E-state index in [1.165, 1.54) is 49.5 Å². The molecule has 0 fully saturated rings. The van der Waals surface area contributed by atoms with Gasteiger partial charge in [-0.3, -0.25) is 4.98 Å². The van der Waals surface area contributed by atoms with Gasteiger partial charge in [-0.2, -0.15) is 0 Å². The summed E-state index contributed by atoms with van der Waals surface area (Å²) in [6.07, 6.45) is 3.74. The number of aromatic nitrogens is 3. The van der Waals surface area contributed by atoms with E-state index in [2.05, 4.69) is 158 Å². The molecule has 0 atom stereocenters. The molecule has 0 amide bonds. The highest BCUT2D eigenvalue weighted by Crippen LogP contribution is 2.52. The Morgan fingerprint density at radius 2 is 1.10 bits per heavy atom. The fourth-order valence-electron chi connectivity index (χ4n) is 8.14. The van der Waals surface area contributed by atoms with Crippen molar-refractivity contribution in [3.63, 3.8) is 0 Å². The first-order chi connectivity index (χ1) is 25.0. The van der Waals surface area contributed by atoms with Gasteiger partial charge in [0.05, 0.1) is 11.4 Å². The summed E-state index contributed by atoms with van der Waals surface area (Å²) in [4.78, 5) is 14.8. The van der Waals surface area contributed by atoms with Crippen molar-refractivity contribution in [2.45, 2.75) is 19.3 Å². The highest BCUT2D eigenvalue weighted by Gasteiger charge is 2.36. The summed E-state index contributed by atoms with van der Waals surface area (Å²) in [5.74, 6) is 0.706. The van der Waals surface area contributed by atoms with Gasteiger partial charge in [0.2, 0.25) is 0 Å². The average Bonchev–Trinajstić information content (AvgIpc) is 3.43. The number of fused-ring (bicyclic) bond motifs is 7. The molecular formula is C48H33N3. The highest BCUT2D eigenvalue weighted by molar-refractivity contribution is 6.06. The van der Waals surface area contributed by atoms with Crippen molar-refractivity contribution < 1.29 is 0 Å². The van der Waals surface area contributed by atoms with Crippen molar-refractivity contribution in [2.75, 3.05) is 0 Å². The molecule has 3 heteroatoms. The van der Waals surface area contributed by atoms with E-state index >= 15 is 0 Å². The maximum Gasteiger partial charge on any atom is 0.161 e. The van der Waals surface area contributed by atoms with Crippen LogP contribution in [-0.4, -0.2) is 15.0 Å². The fourth-order valence-corrected chi connectivity index (χ4v) is 8.14. The zero-order valence-electron chi connectivity index (χ0n) is 28.4. The molecule has 0 saturated heterocycles. The second-order valence-electron chi connectivity index (χ2n) is 14.1. The Balaban J connectivity index is 1.14. The standard InChI is InChI=1S/C48H33N3/c1-48(2)42-23-19-31-10-6-7-13-37(31)46(42)41-20-18-33(27-43(41)48)36-21-22-40(39-15-9-8-14-38(36)39)47-50-44(32-11-4-3-5-12-32)28-45(51-47)34-17-16-30-24-25-49-29-35(30)26-34/h3-29H,1-2H3. The zero-order valence-corrected chi connectivity index (χ0v) is 28.4. The number of pyridine rings is 1. The Morgan fingerprint density at radius 3 is 1.94 bits per heavy atom. The minimum atomic E-state index is -0.110. The number of nitrogens with zero attached hydrogens (tertiary/aromatic N) is 3. The molecule has 0 saturated carbocycles. The molecule has 7 aromatic carbocycles. The average molecular weight is 652 g/mol. The van der Waals surface area contributed by atoms with Gasteiger partial charge < -0.3 is 0 Å². The van der Waals surface area contributed by atoms with Crippen LogP contribution in [0.5, 0.6) is 0 Å². The van der Waals surface area contributed by atoms with Crippen LogP contribution in [0.4, 0.5) is 0 Å². The van der Waals surface area contributed by atoms with E-state index < -0.39 is 0 Å². The first-order valence-electron chi connectivity index (χ1n) is 17.5. The Labute approximate surface area is 297 Å². The summed E-state index contributed by atoms with van der Waals surface area (Å²) in [6.45, 7) is 4.72. The van der Waals surface area contributed by atoms with Crippen LogP contribution in [0.25, 0.3) is 88.5 Å². The van der Waals surface area contributed by atoms with E-state index in [4.69, 9.17) is 9.97 Å². The van der Waals surface area contributed by atoms with Gasteiger partial charge in [-0.25, -0.2) is 9.97 Å². The molecule has 2 heterocycles. The summed E-state index contributed by atoms with van der Waals surface area (Å²) in [5, 5.41) is 7.15. The second kappa shape index (κ2) is 11.3. The SMILES string of the molecule is CC1(C)c2cc(-c3ccc(-c4nc(-c5ccccc5)cc(-c5ccc6ccncc6c5)n4)c4ccccc34)ccc2-c2c1ccc1ccccc21. The van der Waals surface area contributed by atoms with E-state index in [1.807, 2.05) is 24.5 Å². The van der Waals surface area contributed by atoms with Crippen LogP contribution in [0.3, 0.4) is 0 Å². The molecule has 0 radical (unpaired) electrons. The smallest absolute Gasteiger partial charge is 0.161 e. The van der Waals surface area contributed by atoms with Gasteiger partial charge in [0.25, 0.3) is 0 Å². The van der Waals surface area contributed by atoms with E-state index in [0.29, 0.717) is 5.82 Å². The van der Waals surface area contributed by atoms with Gasteiger partial charge >= 0.3 is 0 Å². The van der Waals surface area contributed by atoms with Crippen LogP contribution < -0.4 is 0 Å². The van der Waals surface area contributed by atoms with Crippen LogP contribution in [0, 0.1) is 0 Å². The maximum atomic E-state index is 5.24. The first kappa shape index (κ1) is 29.5. The van der Waals surface area contributed by atoms with Gasteiger partial charge in [0, 0.05) is 39.9 Å². The van der Waals surface area contributed by atoms with Crippen molar-refractivity contribution in [3.05, 3.63) is 175 Å². The largest absolute Gasteiger partial charge is 0.264 e. The minimum absolute atomic E-state index is 0.110. The molecule has 9 aromatic rings. The van der Waals surface area contributed by atoms with Crippen molar-refractivity contribution in [1.29, 1.82) is 0 Å². The van der Waals surface area contributed by atoms with E-state index in [9.17, 15) is 0 Å². The third-order valence-electron chi connectivity index (χ3n) is 10.8. The summed E-state index contributed by atoms with van der Waals surface area (Å²) in [6, 6.07) is 54.5. The lowest BCUT2D eigenvalue weighted by atomic mass is 9.81. The minimum Gasteiger partial charge on any atom is -0.264 e. The maximum absolute atomic E-state index is 5.24. The quantitative estimate of drug-likeness (QED) is 0.190. The van der Waals surface area contributed by atoms with Crippen molar-refractivity contribution in [2.24, 2.45) is 0 Å². The molecule has 0 aliphatic heterocycles. The van der Waals surface area contributed by atoms with E-state index in [-0.39, 0.29) is 5.41 Å². The third-order valence-corrected chi connectivity index (χ3v) is 10.8. The topological polar surface area (TPSA) is 38.7 Å². The highest BCUT2D eigenvalue weighted by atomic mass is 14.9. The van der Waals surface area contributed by atoms with Gasteiger partial charge in [-0.1, -0.05) is 135 Å². The summed E-state index contributed by atoms with van der Waals surface area (Å²) in [5.41, 5.74) is 12.6. The molecule has 0 spiro atoms. The van der Waals surface area contributed by atoms with Crippen LogP contribution in [0.1, 0.15) is 25.0 Å². The molecule has 0 unspecified atom stereocenters. The van der Waals surface area contributed by atoms with Gasteiger partial charge in [-0.15, -0.1) is 0 Å². The normalized spacial score (nSPS) is 13.1. The van der Waals surface area contributed by atoms with Crippen molar-refractivity contribution in [1.82, 2.24) is 15.0 Å². The molecule has 51 heavy (non-hydrogen) atoms. The monoisotopic (exact) mass is 651 g/mol. The third kappa shape index (κ3) is 4.69. The molecule has 0 N–H and O–H groups in total. The Morgan fingerprint density at radius 1 is 0.431 bits per heavy atom. The molecule has 0 bridgehead atoms. The lowest BCUT2D eigenvalue weighted by Gasteiger charge is -2.22. The van der Waals surface area contributed by atoms with Gasteiger partial charge in [-0.05, 0) is 90.6 Å². The molecule has 240 valence electrons. The Kier molecular flexibility index (Phi) is 6.53. The molecule has 3 nitrogen and oxygen atoms in total. The van der Waals surface area contributed by atoms with Gasteiger partial charge in [0.1, 0.15) is 0 Å². The fraction of sp³-hybridized carbons (Fsp3) is 0.0625. The molecular weight excluding hydrogens is 619 g/mol. The molecule has 10 rings (SSSR count). The van der Waals surface area contributed by atoms with Gasteiger partial charge in [0.15, 0.2) is 5.82 Å². The van der Waals surface area contributed by atoms with E-state index in [1.54, 1.807) is 0 Å². The van der Waals surface area contributed by atoms with Crippen molar-refractivity contribution in [3.8, 4) is 56.2 Å². The van der Waals surface area contributed by atoms with Crippen LogP contribution >= 0.6 is 0 Å². The number of rotatable bonds is 4. The van der Waals surface area contributed by atoms with Crippen molar-refractivity contribution >= 4 is 32.3 Å². The number of benzene rings is 7. The van der Waals surface area contributed by atoms with E-state index in [0.717, 1.165) is 44.2 Å². The lowest BCUT2D eigenvalue weighted by Crippen LogP contribution is -2.15. The Bertz CT molecular complexity index is 2830. The number of hydrogen-bond donors (Lipinski definition) is 0. The van der Waals surface area contributed by atoms with Crippen LogP contribution in [0.2, 0.25) is 0 Å². The Hall–Kier alpha value is -6.45. The number of hydrogen-bond acceptors (Lipinski definition) is 3. The summed E-state index contributed by atoms with van der Waals surface area (Å²) >= 11 is 0. The summed E-state index contributed by atoms with van der Waals surface area (Å²) < 4.78 is 0. The lowest BCUT2D eigenvalue weighted by molar-refractivity contribution is 0.661. The predicted octanol–water partition coefficient (Wildman–Crippen LogP) is 12.3. The van der Waals surface area contributed by atoms with Crippen LogP contribution in [0.15, 0.2) is 164 Å².